The molecule has 5 nitrogen and oxygen atoms in total. The molecule has 0 aliphatic heterocycles. The highest BCUT2D eigenvalue weighted by molar-refractivity contribution is 7.54. The fraction of sp³-hybridized carbons (Fsp3) is 0.500. The van der Waals surface area contributed by atoms with Crippen molar-refractivity contribution in [2.75, 3.05) is 20.3 Å². The van der Waals surface area contributed by atoms with Crippen LogP contribution in [0.4, 0.5) is 0 Å². The smallest absolute Gasteiger partial charge is 0.363 e. The maximum Gasteiger partial charge on any atom is 0.363 e. The number of benzene rings is 1. The molecule has 18 heavy (non-hydrogen) atoms. The van der Waals surface area contributed by atoms with Gasteiger partial charge in [0.1, 0.15) is 5.75 Å². The van der Waals surface area contributed by atoms with E-state index in [1.54, 1.807) is 38.1 Å². The molecule has 0 fully saturated rings. The molecule has 0 unspecified atom stereocenters. The number of ether oxygens (including phenoxy) is 1. The van der Waals surface area contributed by atoms with Gasteiger partial charge in [0.2, 0.25) is 0 Å². The van der Waals surface area contributed by atoms with Crippen LogP contribution in [0.2, 0.25) is 0 Å². The summed E-state index contributed by atoms with van der Waals surface area (Å²) >= 11 is 0. The van der Waals surface area contributed by atoms with Crippen molar-refractivity contribution in [3.8, 4) is 5.75 Å². The first-order valence-electron chi connectivity index (χ1n) is 5.78. The van der Waals surface area contributed by atoms with E-state index in [4.69, 9.17) is 13.8 Å². The van der Waals surface area contributed by atoms with Gasteiger partial charge in [-0.15, -0.1) is 0 Å². The molecule has 0 saturated heterocycles. The number of hydrogen-bond donors (Lipinski definition) is 1. The topological polar surface area (TPSA) is 65.0 Å². The first-order chi connectivity index (χ1) is 8.57. The summed E-state index contributed by atoms with van der Waals surface area (Å²) in [7, 11) is -2.04. The lowest BCUT2D eigenvalue weighted by atomic mass is 10.2. The van der Waals surface area contributed by atoms with Gasteiger partial charge in [-0.25, -0.2) is 0 Å². The van der Waals surface area contributed by atoms with Gasteiger partial charge >= 0.3 is 7.60 Å². The summed E-state index contributed by atoms with van der Waals surface area (Å²) in [5, 5.41) is 10.2. The highest BCUT2D eigenvalue weighted by Crippen LogP contribution is 2.59. The third kappa shape index (κ3) is 3.56. The van der Waals surface area contributed by atoms with Crippen LogP contribution in [0.3, 0.4) is 0 Å². The first-order valence-corrected chi connectivity index (χ1v) is 7.39. The number of hydrogen-bond acceptors (Lipinski definition) is 5. The Bertz CT molecular complexity index is 411. The molecule has 102 valence electrons. The Morgan fingerprint density at radius 1 is 1.28 bits per heavy atom. The number of aliphatic hydroxyl groups is 1. The van der Waals surface area contributed by atoms with Crippen LogP contribution in [0, 0.1) is 0 Å². The van der Waals surface area contributed by atoms with Gasteiger partial charge < -0.3 is 18.9 Å². The second-order valence-electron chi connectivity index (χ2n) is 3.53. The average molecular weight is 274 g/mol. The van der Waals surface area contributed by atoms with E-state index in [1.807, 2.05) is 0 Å². The van der Waals surface area contributed by atoms with Gasteiger partial charge in [0.25, 0.3) is 0 Å². The molecule has 1 rings (SSSR count). The van der Waals surface area contributed by atoms with E-state index in [0.717, 1.165) is 0 Å². The largest absolute Gasteiger partial charge is 0.497 e. The second-order valence-corrected chi connectivity index (χ2v) is 5.61. The zero-order valence-electron chi connectivity index (χ0n) is 10.8. The van der Waals surface area contributed by atoms with Gasteiger partial charge in [0, 0.05) is 0 Å². The summed E-state index contributed by atoms with van der Waals surface area (Å²) in [5.74, 6) is -0.737. The molecule has 1 atom stereocenters. The maximum atomic E-state index is 12.4. The lowest BCUT2D eigenvalue weighted by Gasteiger charge is -2.22. The van der Waals surface area contributed by atoms with Crippen molar-refractivity contribution in [2.24, 2.45) is 0 Å². The van der Waals surface area contributed by atoms with E-state index in [2.05, 4.69) is 0 Å². The zero-order chi connectivity index (χ0) is 13.6. The van der Waals surface area contributed by atoms with Gasteiger partial charge in [0.05, 0.1) is 20.3 Å². The number of aliphatic hydroxyl groups excluding tert-OH is 1. The lowest BCUT2D eigenvalue weighted by Crippen LogP contribution is -2.06. The molecule has 1 aromatic rings. The van der Waals surface area contributed by atoms with Crippen molar-refractivity contribution in [1.82, 2.24) is 0 Å². The van der Waals surface area contributed by atoms with Crippen molar-refractivity contribution >= 4 is 7.60 Å². The molecular weight excluding hydrogens is 255 g/mol. The lowest BCUT2D eigenvalue weighted by molar-refractivity contribution is 0.150. The molecule has 0 saturated carbocycles. The van der Waals surface area contributed by atoms with Gasteiger partial charge in [-0.2, -0.15) is 0 Å². The quantitative estimate of drug-likeness (QED) is 0.774. The van der Waals surface area contributed by atoms with Crippen molar-refractivity contribution in [1.29, 1.82) is 0 Å². The summed E-state index contributed by atoms with van der Waals surface area (Å²) in [6.07, 6.45) is 0. The van der Waals surface area contributed by atoms with Crippen LogP contribution in [-0.4, -0.2) is 25.4 Å². The Labute approximate surface area is 107 Å². The van der Waals surface area contributed by atoms with Crippen LogP contribution in [-0.2, 0) is 13.6 Å². The molecule has 0 bridgehead atoms. The van der Waals surface area contributed by atoms with E-state index in [1.165, 1.54) is 7.11 Å². The molecule has 0 radical (unpaired) electrons. The predicted octanol–water partition coefficient (Wildman–Crippen LogP) is 2.95. The van der Waals surface area contributed by atoms with Crippen LogP contribution < -0.4 is 4.74 Å². The normalized spacial score (nSPS) is 13.3. The predicted molar refractivity (Wildman–Crippen MR) is 68.8 cm³/mol. The maximum absolute atomic E-state index is 12.4. The zero-order valence-corrected chi connectivity index (χ0v) is 11.7. The van der Waals surface area contributed by atoms with Crippen LogP contribution in [0.5, 0.6) is 5.75 Å². The summed E-state index contributed by atoms with van der Waals surface area (Å²) in [6.45, 7) is 3.81. The molecule has 0 aliphatic rings. The fourth-order valence-corrected chi connectivity index (χ4v) is 3.13. The van der Waals surface area contributed by atoms with E-state index >= 15 is 0 Å². The van der Waals surface area contributed by atoms with E-state index < -0.39 is 13.4 Å². The third-order valence-electron chi connectivity index (χ3n) is 2.31. The van der Waals surface area contributed by atoms with Crippen molar-refractivity contribution in [2.45, 2.75) is 19.7 Å². The number of rotatable bonds is 7. The Kier molecular flexibility index (Phi) is 5.82. The van der Waals surface area contributed by atoms with E-state index in [9.17, 15) is 9.67 Å². The summed E-state index contributed by atoms with van der Waals surface area (Å²) in [6, 6.07) is 6.70. The molecule has 1 N–H and O–H groups in total. The fourth-order valence-electron chi connectivity index (χ4n) is 1.52. The van der Waals surface area contributed by atoms with Crippen LogP contribution in [0.15, 0.2) is 24.3 Å². The third-order valence-corrected chi connectivity index (χ3v) is 4.44. The van der Waals surface area contributed by atoms with Crippen molar-refractivity contribution in [3.63, 3.8) is 0 Å². The molecule has 0 aliphatic carbocycles. The van der Waals surface area contributed by atoms with Crippen LogP contribution in [0.25, 0.3) is 0 Å². The first kappa shape index (κ1) is 15.2. The number of methoxy groups -OCH3 is 1. The van der Waals surface area contributed by atoms with E-state index in [-0.39, 0.29) is 13.2 Å². The monoisotopic (exact) mass is 274 g/mol. The minimum Gasteiger partial charge on any atom is -0.497 e. The minimum atomic E-state index is -3.56. The molecular formula is C12H19O5P. The Morgan fingerprint density at radius 2 is 1.89 bits per heavy atom. The molecule has 0 aromatic heterocycles. The van der Waals surface area contributed by atoms with Crippen LogP contribution >= 0.6 is 7.60 Å². The van der Waals surface area contributed by atoms with Gasteiger partial charge in [-0.3, -0.25) is 4.57 Å². The van der Waals surface area contributed by atoms with E-state index in [0.29, 0.717) is 11.3 Å². The second kappa shape index (κ2) is 6.90. The van der Waals surface area contributed by atoms with Gasteiger partial charge in [0.15, 0.2) is 5.85 Å². The van der Waals surface area contributed by atoms with Gasteiger partial charge in [-0.05, 0) is 31.5 Å². The van der Waals surface area contributed by atoms with Crippen LogP contribution in [0.1, 0.15) is 25.3 Å². The highest BCUT2D eigenvalue weighted by Gasteiger charge is 2.35. The molecule has 1 aromatic carbocycles. The van der Waals surface area contributed by atoms with Crippen molar-refractivity contribution < 1.29 is 23.5 Å². The summed E-state index contributed by atoms with van der Waals surface area (Å²) < 4.78 is 27.6. The summed E-state index contributed by atoms with van der Waals surface area (Å²) in [5.41, 5.74) is 0.444. The highest BCUT2D eigenvalue weighted by atomic mass is 31.2. The Hall–Kier alpha value is -0.870. The summed E-state index contributed by atoms with van der Waals surface area (Å²) in [4.78, 5) is 0. The molecule has 0 amide bonds. The Morgan fingerprint density at radius 3 is 2.39 bits per heavy atom. The molecule has 6 heteroatoms. The average Bonchev–Trinajstić information content (AvgIpc) is 2.38. The molecule has 0 spiro atoms. The van der Waals surface area contributed by atoms with Crippen molar-refractivity contribution in [3.05, 3.63) is 29.8 Å². The Balaban J connectivity index is 3.01. The SMILES string of the molecule is CCOP(=O)(OCC)[C@H](O)c1cccc(OC)c1. The standard InChI is InChI=1S/C12H19O5P/c1-4-16-18(14,17-5-2)12(13)10-7-6-8-11(9-10)15-3/h6-9,12-13H,4-5H2,1-3H3/t12-/m0/s1. The van der Waals surface area contributed by atoms with Gasteiger partial charge in [-0.1, -0.05) is 12.1 Å². The molecule has 0 heterocycles. The minimum absolute atomic E-state index is 0.207.